The van der Waals surface area contributed by atoms with Crippen LogP contribution in [0, 0.1) is 0 Å². The van der Waals surface area contributed by atoms with Gasteiger partial charge < -0.3 is 9.32 Å². The fraction of sp³-hybridized carbons (Fsp3) is 0.348. The van der Waals surface area contributed by atoms with Crippen LogP contribution < -0.4 is 5.76 Å². The molecule has 4 aromatic rings. The molecule has 2 aromatic carbocycles. The van der Waals surface area contributed by atoms with Gasteiger partial charge in [0, 0.05) is 32.0 Å². The van der Waals surface area contributed by atoms with Gasteiger partial charge in [-0.2, -0.15) is 0 Å². The van der Waals surface area contributed by atoms with Crippen LogP contribution in [0.5, 0.6) is 0 Å². The first-order valence-electron chi connectivity index (χ1n) is 10.4. The standard InChI is InChI=1S/C23H23N3O3S/c27-21(12-6-14-26-18-9-2-3-10-19(18)29-23(26)28)25-13-5-7-16(15-25)22-24-17-8-1-4-11-20(17)30-22/h1-4,8-11,16H,5-7,12-15H2/t16-/m0/s1. The van der Waals surface area contributed by atoms with Gasteiger partial charge in [-0.1, -0.05) is 24.3 Å². The van der Waals surface area contributed by atoms with Crippen LogP contribution >= 0.6 is 11.3 Å². The van der Waals surface area contributed by atoms with Gasteiger partial charge in [0.2, 0.25) is 5.91 Å². The van der Waals surface area contributed by atoms with Crippen molar-refractivity contribution in [2.24, 2.45) is 0 Å². The summed E-state index contributed by atoms with van der Waals surface area (Å²) in [6, 6.07) is 15.6. The summed E-state index contributed by atoms with van der Waals surface area (Å²) in [6.07, 6.45) is 3.11. The highest BCUT2D eigenvalue weighted by Crippen LogP contribution is 2.33. The van der Waals surface area contributed by atoms with Crippen molar-refractivity contribution in [1.29, 1.82) is 0 Å². The number of likely N-dealkylation sites (tertiary alicyclic amines) is 1. The van der Waals surface area contributed by atoms with E-state index in [-0.39, 0.29) is 11.7 Å². The first-order valence-corrected chi connectivity index (χ1v) is 11.2. The lowest BCUT2D eigenvalue weighted by Gasteiger charge is -2.32. The lowest BCUT2D eigenvalue weighted by molar-refractivity contribution is -0.132. The molecule has 0 radical (unpaired) electrons. The predicted octanol–water partition coefficient (Wildman–Crippen LogP) is 4.39. The van der Waals surface area contributed by atoms with Crippen molar-refractivity contribution >= 4 is 38.6 Å². The van der Waals surface area contributed by atoms with Crippen molar-refractivity contribution < 1.29 is 9.21 Å². The van der Waals surface area contributed by atoms with Gasteiger partial charge in [-0.25, -0.2) is 9.78 Å². The molecule has 0 unspecified atom stereocenters. The van der Waals surface area contributed by atoms with Crippen LogP contribution in [-0.2, 0) is 11.3 Å². The highest BCUT2D eigenvalue weighted by molar-refractivity contribution is 7.18. The van der Waals surface area contributed by atoms with E-state index in [9.17, 15) is 9.59 Å². The van der Waals surface area contributed by atoms with E-state index < -0.39 is 0 Å². The Bertz CT molecular complexity index is 1220. The number of amides is 1. The Kier molecular flexibility index (Phi) is 5.12. The van der Waals surface area contributed by atoms with E-state index >= 15 is 0 Å². The second-order valence-corrected chi connectivity index (χ2v) is 8.85. The normalized spacial score (nSPS) is 17.1. The summed E-state index contributed by atoms with van der Waals surface area (Å²) in [7, 11) is 0. The van der Waals surface area contributed by atoms with Gasteiger partial charge >= 0.3 is 5.76 Å². The molecule has 0 saturated carbocycles. The number of nitrogens with zero attached hydrogens (tertiary/aromatic N) is 3. The van der Waals surface area contributed by atoms with Crippen LogP contribution in [0.3, 0.4) is 0 Å². The molecule has 1 saturated heterocycles. The maximum atomic E-state index is 12.8. The molecule has 1 aliphatic rings. The van der Waals surface area contributed by atoms with Crippen LogP contribution in [0.1, 0.15) is 36.6 Å². The Balaban J connectivity index is 1.21. The van der Waals surface area contributed by atoms with Gasteiger partial charge in [-0.05, 0) is 43.5 Å². The van der Waals surface area contributed by atoms with E-state index in [2.05, 4.69) is 6.07 Å². The predicted molar refractivity (Wildman–Crippen MR) is 118 cm³/mol. The minimum atomic E-state index is -0.363. The number of carbonyl (C=O) groups excluding carboxylic acids is 1. The number of hydrogen-bond donors (Lipinski definition) is 0. The molecule has 1 amide bonds. The van der Waals surface area contributed by atoms with Gasteiger partial charge in [0.25, 0.3) is 0 Å². The third kappa shape index (κ3) is 3.65. The van der Waals surface area contributed by atoms with Crippen molar-refractivity contribution in [2.75, 3.05) is 13.1 Å². The fourth-order valence-electron chi connectivity index (χ4n) is 4.24. The third-order valence-corrected chi connectivity index (χ3v) is 6.98. The quantitative estimate of drug-likeness (QED) is 0.479. The molecule has 30 heavy (non-hydrogen) atoms. The number of aryl methyl sites for hydroxylation is 1. The molecular weight excluding hydrogens is 398 g/mol. The number of aromatic nitrogens is 2. The number of rotatable bonds is 5. The van der Waals surface area contributed by atoms with Gasteiger partial charge in [-0.3, -0.25) is 9.36 Å². The number of hydrogen-bond acceptors (Lipinski definition) is 5. The highest BCUT2D eigenvalue weighted by atomic mass is 32.1. The molecule has 0 bridgehead atoms. The minimum absolute atomic E-state index is 0.154. The summed E-state index contributed by atoms with van der Waals surface area (Å²) in [5.74, 6) is 0.0970. The van der Waals surface area contributed by atoms with Crippen molar-refractivity contribution in [3.05, 3.63) is 64.1 Å². The number of para-hydroxylation sites is 3. The molecule has 0 N–H and O–H groups in total. The lowest BCUT2D eigenvalue weighted by Crippen LogP contribution is -2.39. The average Bonchev–Trinajstić information content (AvgIpc) is 3.35. The van der Waals surface area contributed by atoms with E-state index in [4.69, 9.17) is 9.40 Å². The monoisotopic (exact) mass is 421 g/mol. The van der Waals surface area contributed by atoms with Crippen molar-refractivity contribution in [2.45, 2.75) is 38.1 Å². The van der Waals surface area contributed by atoms with E-state index in [0.29, 0.717) is 30.9 Å². The number of thiazole rings is 1. The molecule has 2 aromatic heterocycles. The van der Waals surface area contributed by atoms with Crippen LogP contribution in [0.4, 0.5) is 0 Å². The van der Waals surface area contributed by atoms with Gasteiger partial charge in [0.15, 0.2) is 5.58 Å². The number of carbonyl (C=O) groups is 1. The first-order chi connectivity index (χ1) is 14.7. The smallest absolute Gasteiger partial charge is 0.408 e. The summed E-state index contributed by atoms with van der Waals surface area (Å²) >= 11 is 1.74. The van der Waals surface area contributed by atoms with Crippen LogP contribution in [0.15, 0.2) is 57.7 Å². The van der Waals surface area contributed by atoms with Crippen LogP contribution in [0.25, 0.3) is 21.3 Å². The largest absolute Gasteiger partial charge is 0.419 e. The number of fused-ring (bicyclic) bond motifs is 2. The van der Waals surface area contributed by atoms with Crippen molar-refractivity contribution in [1.82, 2.24) is 14.5 Å². The number of oxazole rings is 1. The molecule has 5 rings (SSSR count). The summed E-state index contributed by atoms with van der Waals surface area (Å²) in [4.78, 5) is 31.7. The Labute approximate surface area is 177 Å². The Morgan fingerprint density at radius 3 is 2.90 bits per heavy atom. The van der Waals surface area contributed by atoms with E-state index in [1.54, 1.807) is 22.0 Å². The summed E-state index contributed by atoms with van der Waals surface area (Å²) in [6.45, 7) is 2.01. The van der Waals surface area contributed by atoms with Crippen molar-refractivity contribution in [3.8, 4) is 0 Å². The van der Waals surface area contributed by atoms with Gasteiger partial charge in [-0.15, -0.1) is 11.3 Å². The van der Waals surface area contributed by atoms with Crippen LogP contribution in [-0.4, -0.2) is 33.4 Å². The zero-order chi connectivity index (χ0) is 20.5. The van der Waals surface area contributed by atoms with Crippen molar-refractivity contribution in [3.63, 3.8) is 0 Å². The molecule has 7 heteroatoms. The second kappa shape index (κ2) is 8.07. The fourth-order valence-corrected chi connectivity index (χ4v) is 5.34. The number of piperidine rings is 1. The highest BCUT2D eigenvalue weighted by Gasteiger charge is 2.26. The molecule has 3 heterocycles. The molecule has 1 fully saturated rings. The summed E-state index contributed by atoms with van der Waals surface area (Å²) in [5, 5.41) is 1.13. The first kappa shape index (κ1) is 19.1. The summed E-state index contributed by atoms with van der Waals surface area (Å²) < 4.78 is 8.08. The molecule has 6 nitrogen and oxygen atoms in total. The Hall–Kier alpha value is -2.93. The zero-order valence-electron chi connectivity index (χ0n) is 16.6. The minimum Gasteiger partial charge on any atom is -0.408 e. The average molecular weight is 422 g/mol. The maximum Gasteiger partial charge on any atom is 0.419 e. The molecule has 0 aliphatic carbocycles. The lowest BCUT2D eigenvalue weighted by atomic mass is 9.98. The molecule has 1 atom stereocenters. The molecular formula is C23H23N3O3S. The maximum absolute atomic E-state index is 12.8. The Morgan fingerprint density at radius 1 is 1.17 bits per heavy atom. The third-order valence-electron chi connectivity index (χ3n) is 5.78. The topological polar surface area (TPSA) is 68.3 Å². The van der Waals surface area contributed by atoms with Crippen LogP contribution in [0.2, 0.25) is 0 Å². The van der Waals surface area contributed by atoms with Gasteiger partial charge in [0.1, 0.15) is 0 Å². The van der Waals surface area contributed by atoms with E-state index in [0.717, 1.165) is 42.0 Å². The second-order valence-electron chi connectivity index (χ2n) is 7.79. The number of benzene rings is 2. The zero-order valence-corrected chi connectivity index (χ0v) is 17.4. The summed E-state index contributed by atoms with van der Waals surface area (Å²) in [5.41, 5.74) is 2.41. The van der Waals surface area contributed by atoms with E-state index in [1.807, 2.05) is 41.3 Å². The van der Waals surface area contributed by atoms with Gasteiger partial charge in [0.05, 0.1) is 20.7 Å². The van der Waals surface area contributed by atoms with E-state index in [1.165, 1.54) is 4.70 Å². The molecule has 0 spiro atoms. The SMILES string of the molecule is O=C(CCCn1c(=O)oc2ccccc21)N1CCC[C@H](c2nc3ccccc3s2)C1. The Morgan fingerprint density at radius 2 is 2.00 bits per heavy atom. The molecule has 1 aliphatic heterocycles. The molecule has 154 valence electrons.